The number of carbonyl (C=O) groups is 1. The predicted molar refractivity (Wildman–Crippen MR) is 73.8 cm³/mol. The third-order valence-electron chi connectivity index (χ3n) is 3.48. The topological polar surface area (TPSA) is 93.3 Å². The van der Waals surface area contributed by atoms with Gasteiger partial charge >= 0.3 is 5.97 Å². The number of rotatable bonds is 4. The molecule has 0 fully saturated rings. The van der Waals surface area contributed by atoms with E-state index in [0.29, 0.717) is 17.8 Å². The average Bonchev–Trinajstić information content (AvgIpc) is 2.94. The molecule has 1 atom stereocenters. The summed E-state index contributed by atoms with van der Waals surface area (Å²) in [6.07, 6.45) is 3.36. The van der Waals surface area contributed by atoms with Crippen LogP contribution in [0.5, 0.6) is 0 Å². The number of nitrogens with zero attached hydrogens (tertiary/aromatic N) is 5. The summed E-state index contributed by atoms with van der Waals surface area (Å²) in [6.45, 7) is 1.96. The summed E-state index contributed by atoms with van der Waals surface area (Å²) in [5.41, 5.74) is 2.94. The van der Waals surface area contributed by atoms with Crippen LogP contribution in [0.2, 0.25) is 0 Å². The van der Waals surface area contributed by atoms with E-state index in [2.05, 4.69) is 20.5 Å². The molecule has 21 heavy (non-hydrogen) atoms. The number of hydrogen-bond acceptors (Lipinski definition) is 5. The summed E-state index contributed by atoms with van der Waals surface area (Å²) in [6, 6.07) is 7.72. The van der Waals surface area contributed by atoms with Gasteiger partial charge in [-0.3, -0.25) is 9.78 Å². The molecular weight excluding hydrogens is 270 g/mol. The van der Waals surface area contributed by atoms with Gasteiger partial charge in [0.2, 0.25) is 0 Å². The van der Waals surface area contributed by atoms with Crippen molar-refractivity contribution in [2.45, 2.75) is 19.3 Å². The second-order valence-corrected chi connectivity index (χ2v) is 4.80. The third kappa shape index (κ3) is 2.45. The molecule has 1 N–H and O–H groups in total. The Labute approximate surface area is 120 Å². The number of carboxylic acid groups (broad SMARTS) is 1. The zero-order valence-electron chi connectivity index (χ0n) is 11.3. The minimum atomic E-state index is -0.928. The third-order valence-corrected chi connectivity index (χ3v) is 3.48. The highest BCUT2D eigenvalue weighted by molar-refractivity contribution is 5.76. The van der Waals surface area contributed by atoms with Gasteiger partial charge in [-0.2, -0.15) is 4.52 Å². The van der Waals surface area contributed by atoms with E-state index >= 15 is 0 Å². The van der Waals surface area contributed by atoms with Crippen LogP contribution in [0.25, 0.3) is 5.65 Å². The lowest BCUT2D eigenvalue weighted by Crippen LogP contribution is -2.19. The summed E-state index contributed by atoms with van der Waals surface area (Å²) in [4.78, 5) is 15.7. The Morgan fingerprint density at radius 1 is 1.33 bits per heavy atom. The van der Waals surface area contributed by atoms with Crippen LogP contribution in [0.1, 0.15) is 22.7 Å². The van der Waals surface area contributed by atoms with Crippen LogP contribution in [0, 0.1) is 6.92 Å². The van der Waals surface area contributed by atoms with Crippen molar-refractivity contribution in [3.05, 3.63) is 53.5 Å². The van der Waals surface area contributed by atoms with E-state index in [0.717, 1.165) is 11.1 Å². The van der Waals surface area contributed by atoms with Crippen LogP contribution < -0.4 is 0 Å². The summed E-state index contributed by atoms with van der Waals surface area (Å²) in [7, 11) is 0. The number of aliphatic carboxylic acids is 1. The van der Waals surface area contributed by atoms with Gasteiger partial charge in [0.05, 0.1) is 11.9 Å². The fraction of sp³-hybridized carbons (Fsp3) is 0.214. The highest BCUT2D eigenvalue weighted by Crippen LogP contribution is 2.22. The molecule has 0 saturated heterocycles. The van der Waals surface area contributed by atoms with Crippen molar-refractivity contribution >= 4 is 11.6 Å². The van der Waals surface area contributed by atoms with Gasteiger partial charge in [-0.25, -0.2) is 0 Å². The number of tetrazole rings is 1. The van der Waals surface area contributed by atoms with E-state index in [1.54, 1.807) is 0 Å². The van der Waals surface area contributed by atoms with E-state index in [-0.39, 0.29) is 0 Å². The molecule has 2 heterocycles. The normalized spacial score (nSPS) is 12.4. The van der Waals surface area contributed by atoms with Crippen LogP contribution in [0.3, 0.4) is 0 Å². The monoisotopic (exact) mass is 283 g/mol. The first kappa shape index (κ1) is 13.2. The SMILES string of the molecule is Cc1ccccc1CC(C(=O)O)c1cncc2nnnn12. The molecular formula is C14H13N5O2. The fourth-order valence-electron chi connectivity index (χ4n) is 2.31. The zero-order chi connectivity index (χ0) is 14.8. The van der Waals surface area contributed by atoms with Gasteiger partial charge in [0.15, 0.2) is 5.65 Å². The fourth-order valence-corrected chi connectivity index (χ4v) is 2.31. The minimum Gasteiger partial charge on any atom is -0.481 e. The van der Waals surface area contributed by atoms with Crippen molar-refractivity contribution < 1.29 is 9.90 Å². The van der Waals surface area contributed by atoms with Crippen molar-refractivity contribution in [1.82, 2.24) is 25.0 Å². The Morgan fingerprint density at radius 3 is 2.90 bits per heavy atom. The summed E-state index contributed by atoms with van der Waals surface area (Å²) in [5.74, 6) is -1.69. The first-order valence-electron chi connectivity index (χ1n) is 6.46. The van der Waals surface area contributed by atoms with Crippen LogP contribution in [-0.4, -0.2) is 36.1 Å². The second kappa shape index (κ2) is 5.28. The van der Waals surface area contributed by atoms with E-state index < -0.39 is 11.9 Å². The summed E-state index contributed by atoms with van der Waals surface area (Å²) >= 11 is 0. The van der Waals surface area contributed by atoms with Crippen molar-refractivity contribution in [2.24, 2.45) is 0 Å². The predicted octanol–water partition coefficient (Wildman–Crippen LogP) is 1.24. The van der Waals surface area contributed by atoms with E-state index in [4.69, 9.17) is 0 Å². The quantitative estimate of drug-likeness (QED) is 0.774. The van der Waals surface area contributed by atoms with Crippen molar-refractivity contribution in [3.8, 4) is 0 Å². The molecule has 0 aliphatic rings. The molecule has 0 spiro atoms. The first-order valence-corrected chi connectivity index (χ1v) is 6.46. The van der Waals surface area contributed by atoms with Crippen LogP contribution in [-0.2, 0) is 11.2 Å². The Kier molecular flexibility index (Phi) is 3.31. The molecule has 1 aromatic carbocycles. The highest BCUT2D eigenvalue weighted by Gasteiger charge is 2.25. The van der Waals surface area contributed by atoms with Gasteiger partial charge in [0.1, 0.15) is 5.92 Å². The molecule has 106 valence electrons. The van der Waals surface area contributed by atoms with E-state index in [1.807, 2.05) is 31.2 Å². The number of fused-ring (bicyclic) bond motifs is 1. The molecule has 0 amide bonds. The molecule has 0 saturated carbocycles. The largest absolute Gasteiger partial charge is 0.481 e. The number of aromatic nitrogens is 5. The number of aryl methyl sites for hydroxylation is 1. The lowest BCUT2D eigenvalue weighted by atomic mass is 9.94. The van der Waals surface area contributed by atoms with Crippen LogP contribution in [0.4, 0.5) is 0 Å². The highest BCUT2D eigenvalue weighted by atomic mass is 16.4. The van der Waals surface area contributed by atoms with Gasteiger partial charge in [-0.05, 0) is 34.9 Å². The summed E-state index contributed by atoms with van der Waals surface area (Å²) < 4.78 is 1.42. The molecule has 7 nitrogen and oxygen atoms in total. The maximum atomic E-state index is 11.7. The zero-order valence-corrected chi connectivity index (χ0v) is 11.3. The van der Waals surface area contributed by atoms with Gasteiger partial charge in [-0.15, -0.1) is 5.10 Å². The van der Waals surface area contributed by atoms with Gasteiger partial charge < -0.3 is 5.11 Å². The van der Waals surface area contributed by atoms with Gasteiger partial charge in [-0.1, -0.05) is 24.3 Å². The molecule has 2 aromatic heterocycles. The molecule has 3 rings (SSSR count). The van der Waals surface area contributed by atoms with Crippen LogP contribution >= 0.6 is 0 Å². The first-order chi connectivity index (χ1) is 10.2. The number of hydrogen-bond donors (Lipinski definition) is 1. The maximum Gasteiger partial charge on any atom is 0.312 e. The molecule has 0 aliphatic heterocycles. The molecule has 0 aliphatic carbocycles. The average molecular weight is 283 g/mol. The molecule has 7 heteroatoms. The molecule has 1 unspecified atom stereocenters. The smallest absolute Gasteiger partial charge is 0.312 e. The van der Waals surface area contributed by atoms with E-state index in [9.17, 15) is 9.90 Å². The van der Waals surface area contributed by atoms with Crippen molar-refractivity contribution in [3.63, 3.8) is 0 Å². The number of carboxylic acids is 1. The Balaban J connectivity index is 2.05. The minimum absolute atomic E-state index is 0.364. The van der Waals surface area contributed by atoms with Gasteiger partial charge in [0, 0.05) is 6.20 Å². The maximum absolute atomic E-state index is 11.7. The number of benzene rings is 1. The Bertz CT molecular complexity index is 799. The Hall–Kier alpha value is -2.83. The Morgan fingerprint density at radius 2 is 2.14 bits per heavy atom. The molecule has 0 radical (unpaired) electrons. The van der Waals surface area contributed by atoms with Crippen molar-refractivity contribution in [1.29, 1.82) is 0 Å². The van der Waals surface area contributed by atoms with E-state index in [1.165, 1.54) is 16.9 Å². The van der Waals surface area contributed by atoms with Crippen LogP contribution in [0.15, 0.2) is 36.7 Å². The lowest BCUT2D eigenvalue weighted by molar-refractivity contribution is -0.138. The molecule has 3 aromatic rings. The molecule has 0 bridgehead atoms. The van der Waals surface area contributed by atoms with Gasteiger partial charge in [0.25, 0.3) is 0 Å². The summed E-state index contributed by atoms with van der Waals surface area (Å²) in [5, 5.41) is 20.8. The lowest BCUT2D eigenvalue weighted by Gasteiger charge is -2.14. The standard InChI is InChI=1S/C14H13N5O2/c1-9-4-2-3-5-10(9)6-11(14(20)21)12-7-15-8-13-16-17-18-19(12)13/h2-5,7-8,11H,6H2,1H3,(H,20,21). The van der Waals surface area contributed by atoms with Crippen molar-refractivity contribution in [2.75, 3.05) is 0 Å². The second-order valence-electron chi connectivity index (χ2n) is 4.80.